The molecule has 3 nitrogen and oxygen atoms in total. The predicted octanol–water partition coefficient (Wildman–Crippen LogP) is 3.48. The van der Waals surface area contributed by atoms with Crippen molar-refractivity contribution in [2.75, 3.05) is 5.32 Å². The molecule has 2 aromatic rings. The van der Waals surface area contributed by atoms with E-state index >= 15 is 0 Å². The van der Waals surface area contributed by atoms with Gasteiger partial charge >= 0.3 is 0 Å². The third kappa shape index (κ3) is 2.20. The topological polar surface area (TPSA) is 48.8 Å². The highest BCUT2D eigenvalue weighted by molar-refractivity contribution is 6.33. The van der Waals surface area contributed by atoms with Gasteiger partial charge in [0.1, 0.15) is 0 Å². The molecule has 80 valence electrons. The second-order valence-corrected chi connectivity index (χ2v) is 3.62. The summed E-state index contributed by atoms with van der Waals surface area (Å²) in [5.41, 5.74) is 2.34. The summed E-state index contributed by atoms with van der Waals surface area (Å²) < 4.78 is 0. The minimum absolute atomic E-state index is 0.559. The lowest BCUT2D eigenvalue weighted by Gasteiger charge is -2.09. The Balaban J connectivity index is 2.35. The van der Waals surface area contributed by atoms with E-state index in [1.165, 1.54) is 6.21 Å². The van der Waals surface area contributed by atoms with Crippen molar-refractivity contribution in [1.29, 1.82) is 5.41 Å². The summed E-state index contributed by atoms with van der Waals surface area (Å²) in [6.45, 7) is 0. The van der Waals surface area contributed by atoms with Crippen LogP contribution in [0.25, 0.3) is 0 Å². The van der Waals surface area contributed by atoms with E-state index in [0.29, 0.717) is 10.6 Å². The molecule has 0 atom stereocenters. The van der Waals surface area contributed by atoms with Gasteiger partial charge < -0.3 is 10.7 Å². The van der Waals surface area contributed by atoms with Crippen LogP contribution in [-0.4, -0.2) is 11.2 Å². The van der Waals surface area contributed by atoms with Gasteiger partial charge in [0.2, 0.25) is 0 Å². The Hall–Kier alpha value is -1.87. The highest BCUT2D eigenvalue weighted by atomic mass is 35.5. The van der Waals surface area contributed by atoms with Crippen molar-refractivity contribution < 1.29 is 0 Å². The molecule has 16 heavy (non-hydrogen) atoms. The van der Waals surface area contributed by atoms with E-state index in [-0.39, 0.29) is 0 Å². The molecule has 0 unspecified atom stereocenters. The molecule has 0 aliphatic heterocycles. The van der Waals surface area contributed by atoms with E-state index in [2.05, 4.69) is 10.3 Å². The third-order valence-electron chi connectivity index (χ3n) is 2.14. The van der Waals surface area contributed by atoms with Crippen molar-refractivity contribution in [3.05, 3.63) is 53.3 Å². The van der Waals surface area contributed by atoms with Gasteiger partial charge in [-0.1, -0.05) is 17.7 Å². The molecule has 4 heteroatoms. The number of anilines is 2. The van der Waals surface area contributed by atoms with Gasteiger partial charge in [-0.3, -0.25) is 4.98 Å². The number of aromatic nitrogens is 1. The summed E-state index contributed by atoms with van der Waals surface area (Å²) >= 11 is 5.99. The van der Waals surface area contributed by atoms with E-state index in [1.807, 2.05) is 24.3 Å². The van der Waals surface area contributed by atoms with Crippen LogP contribution in [0.3, 0.4) is 0 Å². The SMILES string of the molecule is N=Cc1c(Cl)cccc1Nc1cccnc1. The summed E-state index contributed by atoms with van der Waals surface area (Å²) in [5.74, 6) is 0. The predicted molar refractivity (Wildman–Crippen MR) is 66.9 cm³/mol. The van der Waals surface area contributed by atoms with E-state index in [4.69, 9.17) is 17.0 Å². The molecule has 0 aliphatic rings. The zero-order valence-electron chi connectivity index (χ0n) is 8.44. The molecular weight excluding hydrogens is 222 g/mol. The number of pyridine rings is 1. The third-order valence-corrected chi connectivity index (χ3v) is 2.47. The van der Waals surface area contributed by atoms with Crippen LogP contribution in [0.5, 0.6) is 0 Å². The Morgan fingerprint density at radius 2 is 2.12 bits per heavy atom. The lowest BCUT2D eigenvalue weighted by molar-refractivity contribution is 1.32. The Morgan fingerprint density at radius 3 is 2.81 bits per heavy atom. The number of hydrogen-bond acceptors (Lipinski definition) is 3. The molecule has 0 fully saturated rings. The molecule has 1 aromatic heterocycles. The fraction of sp³-hybridized carbons (Fsp3) is 0. The van der Waals surface area contributed by atoms with Crippen molar-refractivity contribution in [2.24, 2.45) is 0 Å². The van der Waals surface area contributed by atoms with Gasteiger partial charge in [-0.2, -0.15) is 0 Å². The van der Waals surface area contributed by atoms with Crippen LogP contribution in [0, 0.1) is 5.41 Å². The lowest BCUT2D eigenvalue weighted by atomic mass is 10.2. The van der Waals surface area contributed by atoms with Crippen molar-refractivity contribution in [2.45, 2.75) is 0 Å². The molecule has 0 aliphatic carbocycles. The Morgan fingerprint density at radius 1 is 1.25 bits per heavy atom. The first-order valence-corrected chi connectivity index (χ1v) is 5.15. The number of halogens is 1. The van der Waals surface area contributed by atoms with Gasteiger partial charge in [-0.25, -0.2) is 0 Å². The van der Waals surface area contributed by atoms with Gasteiger partial charge in [0, 0.05) is 23.7 Å². The van der Waals surface area contributed by atoms with Crippen LogP contribution in [0.4, 0.5) is 11.4 Å². The zero-order chi connectivity index (χ0) is 11.4. The van der Waals surface area contributed by atoms with Crippen molar-refractivity contribution in [3.63, 3.8) is 0 Å². The van der Waals surface area contributed by atoms with E-state index in [1.54, 1.807) is 18.5 Å². The monoisotopic (exact) mass is 231 g/mol. The summed E-state index contributed by atoms with van der Waals surface area (Å²) in [6.07, 6.45) is 4.66. The highest BCUT2D eigenvalue weighted by Crippen LogP contribution is 2.25. The highest BCUT2D eigenvalue weighted by Gasteiger charge is 2.04. The Kier molecular flexibility index (Phi) is 3.17. The molecule has 0 radical (unpaired) electrons. The maximum atomic E-state index is 7.33. The second-order valence-electron chi connectivity index (χ2n) is 3.21. The zero-order valence-corrected chi connectivity index (χ0v) is 9.20. The standard InChI is InChI=1S/C12H10ClN3/c13-11-4-1-5-12(10(11)7-14)16-9-3-2-6-15-8-9/h1-8,14,16H. The van der Waals surface area contributed by atoms with Crippen molar-refractivity contribution in [3.8, 4) is 0 Å². The Labute approximate surface area is 98.6 Å². The van der Waals surface area contributed by atoms with Gasteiger partial charge in [0.25, 0.3) is 0 Å². The summed E-state index contributed by atoms with van der Waals surface area (Å²) in [4.78, 5) is 4.01. The van der Waals surface area contributed by atoms with Gasteiger partial charge in [0.15, 0.2) is 0 Å². The van der Waals surface area contributed by atoms with Crippen LogP contribution in [0.2, 0.25) is 5.02 Å². The molecule has 2 rings (SSSR count). The normalized spacial score (nSPS) is 9.81. The fourth-order valence-corrected chi connectivity index (χ4v) is 1.61. The number of nitrogens with one attached hydrogen (secondary N) is 2. The lowest BCUT2D eigenvalue weighted by Crippen LogP contribution is -1.96. The molecule has 0 saturated carbocycles. The van der Waals surface area contributed by atoms with Crippen LogP contribution < -0.4 is 5.32 Å². The number of hydrogen-bond donors (Lipinski definition) is 2. The number of benzene rings is 1. The first-order chi connectivity index (χ1) is 7.81. The van der Waals surface area contributed by atoms with Gasteiger partial charge in [0.05, 0.1) is 16.9 Å². The molecule has 1 aromatic carbocycles. The average molecular weight is 232 g/mol. The van der Waals surface area contributed by atoms with Crippen LogP contribution in [0.15, 0.2) is 42.7 Å². The number of nitrogens with zero attached hydrogens (tertiary/aromatic N) is 1. The van der Waals surface area contributed by atoms with Gasteiger partial charge in [-0.15, -0.1) is 0 Å². The fourth-order valence-electron chi connectivity index (χ4n) is 1.38. The maximum Gasteiger partial charge on any atom is 0.0570 e. The molecule has 0 bridgehead atoms. The summed E-state index contributed by atoms with van der Waals surface area (Å²) in [7, 11) is 0. The largest absolute Gasteiger partial charge is 0.354 e. The maximum absolute atomic E-state index is 7.33. The summed E-state index contributed by atoms with van der Waals surface area (Å²) in [6, 6.07) is 9.22. The smallest absolute Gasteiger partial charge is 0.0570 e. The molecule has 0 saturated heterocycles. The summed E-state index contributed by atoms with van der Waals surface area (Å²) in [5, 5.41) is 11.1. The van der Waals surface area contributed by atoms with Gasteiger partial charge in [-0.05, 0) is 24.3 Å². The molecular formula is C12H10ClN3. The second kappa shape index (κ2) is 4.77. The van der Waals surface area contributed by atoms with Crippen LogP contribution in [0.1, 0.15) is 5.56 Å². The van der Waals surface area contributed by atoms with Crippen molar-refractivity contribution in [1.82, 2.24) is 4.98 Å². The van der Waals surface area contributed by atoms with E-state index in [0.717, 1.165) is 11.4 Å². The first kappa shape index (κ1) is 10.6. The van der Waals surface area contributed by atoms with Crippen LogP contribution in [-0.2, 0) is 0 Å². The first-order valence-electron chi connectivity index (χ1n) is 4.77. The molecule has 2 N–H and O–H groups in total. The van der Waals surface area contributed by atoms with Crippen molar-refractivity contribution >= 4 is 29.2 Å². The molecule has 0 spiro atoms. The minimum Gasteiger partial charge on any atom is -0.354 e. The Bertz CT molecular complexity index is 497. The van der Waals surface area contributed by atoms with Crippen LogP contribution >= 0.6 is 11.6 Å². The number of rotatable bonds is 3. The average Bonchev–Trinajstić information content (AvgIpc) is 2.31. The van der Waals surface area contributed by atoms with E-state index < -0.39 is 0 Å². The molecule has 0 amide bonds. The quantitative estimate of drug-likeness (QED) is 0.795. The minimum atomic E-state index is 0.559. The van der Waals surface area contributed by atoms with E-state index in [9.17, 15) is 0 Å². The molecule has 1 heterocycles.